The highest BCUT2D eigenvalue weighted by atomic mass is 16.5. The zero-order chi connectivity index (χ0) is 18.1. The maximum atomic E-state index is 11.8. The largest absolute Gasteiger partial charge is 0.386 e. The van der Waals surface area contributed by atoms with E-state index in [9.17, 15) is 9.90 Å². The summed E-state index contributed by atoms with van der Waals surface area (Å²) in [5.41, 5.74) is 0.122. The summed E-state index contributed by atoms with van der Waals surface area (Å²) in [6.45, 7) is 6.54. The van der Waals surface area contributed by atoms with Crippen LogP contribution in [-0.4, -0.2) is 64.8 Å². The Hall–Kier alpha value is -1.43. The number of likely N-dealkylation sites (N-methyl/N-ethyl adjacent to an activating group) is 1. The molecule has 3 rings (SSSR count). The summed E-state index contributed by atoms with van der Waals surface area (Å²) in [5, 5.41) is 10.7. The quantitative estimate of drug-likeness (QED) is 0.910. The molecule has 2 saturated heterocycles. The molecule has 1 spiro atoms. The summed E-state index contributed by atoms with van der Waals surface area (Å²) >= 11 is 0. The second-order valence-electron chi connectivity index (χ2n) is 7.94. The fraction of sp³-hybridized carbons (Fsp3) is 0.650. The van der Waals surface area contributed by atoms with Crippen LogP contribution >= 0.6 is 0 Å². The first-order chi connectivity index (χ1) is 11.8. The summed E-state index contributed by atoms with van der Waals surface area (Å²) in [4.78, 5) is 16.0. The highest BCUT2D eigenvalue weighted by molar-refractivity contribution is 5.73. The zero-order valence-electron chi connectivity index (χ0n) is 15.6. The highest BCUT2D eigenvalue weighted by Crippen LogP contribution is 2.40. The fourth-order valence-corrected chi connectivity index (χ4v) is 4.11. The lowest BCUT2D eigenvalue weighted by atomic mass is 9.77. The maximum absolute atomic E-state index is 11.8. The van der Waals surface area contributed by atoms with Gasteiger partial charge < -0.3 is 14.7 Å². The molecule has 0 radical (unpaired) electrons. The van der Waals surface area contributed by atoms with Crippen LogP contribution in [0.15, 0.2) is 30.3 Å². The van der Waals surface area contributed by atoms with E-state index >= 15 is 0 Å². The van der Waals surface area contributed by atoms with Gasteiger partial charge in [-0.05, 0) is 31.7 Å². The number of carbonyl (C=O) groups excluding carboxylic acids is 1. The van der Waals surface area contributed by atoms with Crippen LogP contribution in [0.25, 0.3) is 0 Å². The van der Waals surface area contributed by atoms with Crippen molar-refractivity contribution in [3.8, 4) is 0 Å². The topological polar surface area (TPSA) is 53.0 Å². The minimum absolute atomic E-state index is 0.0103. The van der Waals surface area contributed by atoms with Gasteiger partial charge in [0.05, 0.1) is 18.2 Å². The van der Waals surface area contributed by atoms with Gasteiger partial charge >= 0.3 is 0 Å². The molecule has 2 heterocycles. The average molecular weight is 346 g/mol. The smallest absolute Gasteiger partial charge is 0.219 e. The summed E-state index contributed by atoms with van der Waals surface area (Å²) in [6.07, 6.45) is 2.59. The number of ether oxygens (including phenoxy) is 1. The van der Waals surface area contributed by atoms with Crippen LogP contribution in [0.2, 0.25) is 0 Å². The third-order valence-electron chi connectivity index (χ3n) is 5.93. The van der Waals surface area contributed by atoms with Crippen molar-refractivity contribution in [2.45, 2.75) is 56.9 Å². The average Bonchev–Trinajstić information content (AvgIpc) is 2.60. The van der Waals surface area contributed by atoms with E-state index in [-0.39, 0.29) is 24.2 Å². The number of rotatable bonds is 3. The van der Waals surface area contributed by atoms with Crippen LogP contribution in [-0.2, 0) is 16.1 Å². The van der Waals surface area contributed by atoms with Gasteiger partial charge in [-0.1, -0.05) is 30.3 Å². The molecule has 2 atom stereocenters. The van der Waals surface area contributed by atoms with Crippen LogP contribution in [0.5, 0.6) is 0 Å². The Kier molecular flexibility index (Phi) is 5.19. The van der Waals surface area contributed by atoms with E-state index < -0.39 is 5.60 Å². The molecule has 1 N–H and O–H groups in total. The van der Waals surface area contributed by atoms with Crippen LogP contribution in [0, 0.1) is 0 Å². The molecule has 5 heteroatoms. The lowest BCUT2D eigenvalue weighted by Crippen LogP contribution is -2.63. The normalized spacial score (nSPS) is 29.5. The summed E-state index contributed by atoms with van der Waals surface area (Å²) in [6, 6.07) is 10.3. The molecule has 2 aliphatic rings. The Morgan fingerprint density at radius 3 is 2.56 bits per heavy atom. The zero-order valence-corrected chi connectivity index (χ0v) is 15.6. The van der Waals surface area contributed by atoms with E-state index in [0.717, 1.165) is 32.5 Å². The lowest BCUT2D eigenvalue weighted by molar-refractivity contribution is -0.209. The standard InChI is InChI=1S/C20H30N2O3/c1-16(23)21(3)18-13-20(25-15-19(18,2)24)9-11-22(12-10-20)14-17-7-5-4-6-8-17/h4-8,18,24H,9-15H2,1-3H3/t18-,19-/m0/s1. The number of nitrogens with zero attached hydrogens (tertiary/aromatic N) is 2. The van der Waals surface area contributed by atoms with Crippen molar-refractivity contribution in [3.63, 3.8) is 0 Å². The van der Waals surface area contributed by atoms with Gasteiger partial charge in [0.25, 0.3) is 0 Å². The molecule has 2 fully saturated rings. The van der Waals surface area contributed by atoms with E-state index in [1.807, 2.05) is 6.07 Å². The van der Waals surface area contributed by atoms with Gasteiger partial charge in [-0.15, -0.1) is 0 Å². The molecule has 1 aromatic carbocycles. The number of aliphatic hydroxyl groups is 1. The van der Waals surface area contributed by atoms with Gasteiger partial charge in [-0.2, -0.15) is 0 Å². The fourth-order valence-electron chi connectivity index (χ4n) is 4.11. The molecule has 2 aliphatic heterocycles. The summed E-state index contributed by atoms with van der Waals surface area (Å²) in [5.74, 6) is -0.0103. The van der Waals surface area contributed by atoms with Gasteiger partial charge in [0.15, 0.2) is 0 Å². The number of benzene rings is 1. The molecule has 1 amide bonds. The molecule has 5 nitrogen and oxygen atoms in total. The van der Waals surface area contributed by atoms with Crippen molar-refractivity contribution in [1.82, 2.24) is 9.80 Å². The number of likely N-dealkylation sites (tertiary alicyclic amines) is 1. The number of carbonyl (C=O) groups is 1. The molecular weight excluding hydrogens is 316 g/mol. The van der Waals surface area contributed by atoms with Crippen molar-refractivity contribution in [2.75, 3.05) is 26.7 Å². The van der Waals surface area contributed by atoms with Crippen LogP contribution < -0.4 is 0 Å². The minimum atomic E-state index is -0.993. The van der Waals surface area contributed by atoms with Gasteiger partial charge in [-0.25, -0.2) is 0 Å². The Morgan fingerprint density at radius 1 is 1.32 bits per heavy atom. The van der Waals surface area contributed by atoms with E-state index in [1.54, 1.807) is 25.8 Å². The van der Waals surface area contributed by atoms with E-state index in [4.69, 9.17) is 4.74 Å². The third-order valence-corrected chi connectivity index (χ3v) is 5.93. The van der Waals surface area contributed by atoms with Crippen molar-refractivity contribution in [3.05, 3.63) is 35.9 Å². The maximum Gasteiger partial charge on any atom is 0.219 e. The number of piperidine rings is 1. The number of amides is 1. The highest BCUT2D eigenvalue weighted by Gasteiger charge is 2.50. The second kappa shape index (κ2) is 7.06. The SMILES string of the molecule is CC(=O)N(C)[C@H]1CC2(CCN(Cc3ccccc3)CC2)OC[C@]1(C)O. The first-order valence-corrected chi connectivity index (χ1v) is 9.17. The molecule has 0 bridgehead atoms. The van der Waals surface area contributed by atoms with Crippen molar-refractivity contribution in [2.24, 2.45) is 0 Å². The molecule has 0 aromatic heterocycles. The van der Waals surface area contributed by atoms with Gasteiger partial charge in [0, 0.05) is 33.6 Å². The minimum Gasteiger partial charge on any atom is -0.386 e. The van der Waals surface area contributed by atoms with Crippen molar-refractivity contribution in [1.29, 1.82) is 0 Å². The summed E-state index contributed by atoms with van der Waals surface area (Å²) in [7, 11) is 1.78. The molecule has 138 valence electrons. The lowest BCUT2D eigenvalue weighted by Gasteiger charge is -2.52. The number of hydrogen-bond donors (Lipinski definition) is 1. The molecule has 0 aliphatic carbocycles. The van der Waals surface area contributed by atoms with Crippen LogP contribution in [0.3, 0.4) is 0 Å². The Labute approximate surface area is 150 Å². The predicted octanol–water partition coefficient (Wildman–Crippen LogP) is 2.04. The van der Waals surface area contributed by atoms with Gasteiger partial charge in [0.1, 0.15) is 5.60 Å². The Bertz CT molecular complexity index is 594. The molecular formula is C20H30N2O3. The molecule has 25 heavy (non-hydrogen) atoms. The van der Waals surface area contributed by atoms with Gasteiger partial charge in [0.2, 0.25) is 5.91 Å². The van der Waals surface area contributed by atoms with Crippen LogP contribution in [0.1, 0.15) is 38.7 Å². The Morgan fingerprint density at radius 2 is 1.96 bits per heavy atom. The van der Waals surface area contributed by atoms with E-state index in [0.29, 0.717) is 6.42 Å². The van der Waals surface area contributed by atoms with E-state index in [2.05, 4.69) is 29.2 Å². The second-order valence-corrected chi connectivity index (χ2v) is 7.94. The van der Waals surface area contributed by atoms with Gasteiger partial charge in [-0.3, -0.25) is 9.69 Å². The van der Waals surface area contributed by atoms with E-state index in [1.165, 1.54) is 5.56 Å². The summed E-state index contributed by atoms with van der Waals surface area (Å²) < 4.78 is 6.17. The number of hydrogen-bond acceptors (Lipinski definition) is 4. The first-order valence-electron chi connectivity index (χ1n) is 9.17. The first kappa shape index (κ1) is 18.4. The monoisotopic (exact) mass is 346 g/mol. The molecule has 0 saturated carbocycles. The van der Waals surface area contributed by atoms with Crippen LogP contribution in [0.4, 0.5) is 0 Å². The Balaban J connectivity index is 1.63. The van der Waals surface area contributed by atoms with Crippen molar-refractivity contribution >= 4 is 5.91 Å². The van der Waals surface area contributed by atoms with Crippen molar-refractivity contribution < 1.29 is 14.6 Å². The third kappa shape index (κ3) is 4.05. The predicted molar refractivity (Wildman–Crippen MR) is 97.1 cm³/mol. The molecule has 0 unspecified atom stereocenters. The molecule has 1 aromatic rings.